The lowest BCUT2D eigenvalue weighted by atomic mass is 10.1. The predicted molar refractivity (Wildman–Crippen MR) is 70.1 cm³/mol. The predicted octanol–water partition coefficient (Wildman–Crippen LogP) is 1.78. The standard InChI is InChI=1S/C13H12FN5O/c1-19-12(15)10(7-16-19)13-17-11(18-20-13)6-8-2-4-9(14)5-3-8/h2-5,7H,6,15H2,1H3. The fourth-order valence-electron chi connectivity index (χ4n) is 1.83. The quantitative estimate of drug-likeness (QED) is 0.786. The van der Waals surface area contributed by atoms with Crippen LogP contribution in [-0.2, 0) is 13.5 Å². The van der Waals surface area contributed by atoms with E-state index in [4.69, 9.17) is 10.3 Å². The maximum Gasteiger partial charge on any atom is 0.263 e. The number of aromatic nitrogens is 4. The molecule has 6 nitrogen and oxygen atoms in total. The van der Waals surface area contributed by atoms with Crippen LogP contribution < -0.4 is 5.73 Å². The van der Waals surface area contributed by atoms with E-state index in [1.54, 1.807) is 25.4 Å². The number of benzene rings is 1. The molecule has 0 bridgehead atoms. The second kappa shape index (κ2) is 4.76. The number of halogens is 1. The van der Waals surface area contributed by atoms with Crippen molar-refractivity contribution in [1.29, 1.82) is 0 Å². The maximum atomic E-state index is 12.8. The van der Waals surface area contributed by atoms with E-state index < -0.39 is 0 Å². The lowest BCUT2D eigenvalue weighted by Crippen LogP contribution is -1.98. The van der Waals surface area contributed by atoms with Crippen LogP contribution in [0, 0.1) is 5.82 Å². The number of hydrogen-bond donors (Lipinski definition) is 1. The summed E-state index contributed by atoms with van der Waals surface area (Å²) in [7, 11) is 1.73. The van der Waals surface area contributed by atoms with Crippen LogP contribution >= 0.6 is 0 Å². The van der Waals surface area contributed by atoms with Crippen molar-refractivity contribution < 1.29 is 8.91 Å². The first-order valence-electron chi connectivity index (χ1n) is 5.98. The van der Waals surface area contributed by atoms with Crippen molar-refractivity contribution in [1.82, 2.24) is 19.9 Å². The summed E-state index contributed by atoms with van der Waals surface area (Å²) in [6.07, 6.45) is 2.04. The molecule has 0 fully saturated rings. The van der Waals surface area contributed by atoms with Gasteiger partial charge >= 0.3 is 0 Å². The topological polar surface area (TPSA) is 82.8 Å². The fourth-order valence-corrected chi connectivity index (χ4v) is 1.83. The van der Waals surface area contributed by atoms with E-state index in [0.717, 1.165) is 5.56 Å². The Morgan fingerprint density at radius 3 is 2.70 bits per heavy atom. The minimum absolute atomic E-state index is 0.273. The highest BCUT2D eigenvalue weighted by Gasteiger charge is 2.15. The molecule has 7 heteroatoms. The Hall–Kier alpha value is -2.70. The summed E-state index contributed by atoms with van der Waals surface area (Å²) < 4.78 is 19.5. The molecule has 20 heavy (non-hydrogen) atoms. The largest absolute Gasteiger partial charge is 0.383 e. The highest BCUT2D eigenvalue weighted by Crippen LogP contribution is 2.23. The monoisotopic (exact) mass is 273 g/mol. The van der Waals surface area contributed by atoms with Gasteiger partial charge in [-0.2, -0.15) is 10.1 Å². The summed E-state index contributed by atoms with van der Waals surface area (Å²) in [6, 6.07) is 6.17. The molecule has 3 rings (SSSR count). The van der Waals surface area contributed by atoms with Crippen molar-refractivity contribution in [3.8, 4) is 11.5 Å². The molecule has 0 spiro atoms. The van der Waals surface area contributed by atoms with Gasteiger partial charge in [0.05, 0.1) is 6.20 Å². The molecular formula is C13H12FN5O. The van der Waals surface area contributed by atoms with Crippen molar-refractivity contribution in [3.05, 3.63) is 47.7 Å². The van der Waals surface area contributed by atoms with Gasteiger partial charge in [0.1, 0.15) is 17.2 Å². The summed E-state index contributed by atoms with van der Waals surface area (Å²) >= 11 is 0. The van der Waals surface area contributed by atoms with Crippen molar-refractivity contribution in [2.75, 3.05) is 5.73 Å². The Labute approximate surface area is 114 Å². The van der Waals surface area contributed by atoms with Gasteiger partial charge in [0.25, 0.3) is 5.89 Å². The molecular weight excluding hydrogens is 261 g/mol. The minimum Gasteiger partial charge on any atom is -0.383 e. The SMILES string of the molecule is Cn1ncc(-c2nc(Cc3ccc(F)cc3)no2)c1N. The van der Waals surface area contributed by atoms with E-state index in [1.165, 1.54) is 16.8 Å². The molecule has 0 radical (unpaired) electrons. The second-order valence-corrected chi connectivity index (χ2v) is 4.39. The van der Waals surface area contributed by atoms with E-state index in [1.807, 2.05) is 0 Å². The lowest BCUT2D eigenvalue weighted by molar-refractivity contribution is 0.424. The van der Waals surface area contributed by atoms with Gasteiger partial charge in [-0.1, -0.05) is 17.3 Å². The molecule has 0 saturated carbocycles. The Morgan fingerprint density at radius 2 is 2.05 bits per heavy atom. The number of nitrogens with zero attached hydrogens (tertiary/aromatic N) is 4. The zero-order chi connectivity index (χ0) is 14.1. The minimum atomic E-state index is -0.273. The van der Waals surface area contributed by atoms with Crippen LogP contribution in [0.5, 0.6) is 0 Å². The third-order valence-corrected chi connectivity index (χ3v) is 2.96. The molecule has 0 amide bonds. The molecule has 0 aliphatic carbocycles. The molecule has 0 aliphatic heterocycles. The van der Waals surface area contributed by atoms with Gasteiger partial charge in [0.15, 0.2) is 5.82 Å². The van der Waals surface area contributed by atoms with Crippen LogP contribution in [0.3, 0.4) is 0 Å². The van der Waals surface area contributed by atoms with E-state index in [9.17, 15) is 4.39 Å². The summed E-state index contributed by atoms with van der Waals surface area (Å²) in [5, 5.41) is 7.91. The summed E-state index contributed by atoms with van der Waals surface area (Å²) in [5.41, 5.74) is 7.35. The molecule has 0 aliphatic rings. The Bertz CT molecular complexity index is 732. The Morgan fingerprint density at radius 1 is 1.30 bits per heavy atom. The normalized spacial score (nSPS) is 10.9. The molecule has 102 valence electrons. The van der Waals surface area contributed by atoms with E-state index >= 15 is 0 Å². The average molecular weight is 273 g/mol. The number of hydrogen-bond acceptors (Lipinski definition) is 5. The highest BCUT2D eigenvalue weighted by molar-refractivity contribution is 5.66. The second-order valence-electron chi connectivity index (χ2n) is 4.39. The van der Waals surface area contributed by atoms with Crippen LogP contribution in [0.1, 0.15) is 11.4 Å². The fraction of sp³-hybridized carbons (Fsp3) is 0.154. The molecule has 0 unspecified atom stereocenters. The number of nitrogen functional groups attached to an aromatic ring is 1. The zero-order valence-corrected chi connectivity index (χ0v) is 10.7. The average Bonchev–Trinajstić information content (AvgIpc) is 3.01. The summed E-state index contributed by atoms with van der Waals surface area (Å²) in [5.74, 6) is 1.02. The van der Waals surface area contributed by atoms with Crippen LogP contribution in [0.25, 0.3) is 11.5 Å². The van der Waals surface area contributed by atoms with Gasteiger partial charge in [-0.05, 0) is 17.7 Å². The highest BCUT2D eigenvalue weighted by atomic mass is 19.1. The van der Waals surface area contributed by atoms with Crippen molar-refractivity contribution in [2.45, 2.75) is 6.42 Å². The molecule has 2 aromatic heterocycles. The first-order chi connectivity index (χ1) is 9.63. The van der Waals surface area contributed by atoms with Crippen LogP contribution in [-0.4, -0.2) is 19.9 Å². The summed E-state index contributed by atoms with van der Waals surface area (Å²) in [6.45, 7) is 0. The first-order valence-corrected chi connectivity index (χ1v) is 5.98. The van der Waals surface area contributed by atoms with Crippen molar-refractivity contribution >= 4 is 5.82 Å². The number of nitrogens with two attached hydrogens (primary N) is 1. The molecule has 1 aromatic carbocycles. The van der Waals surface area contributed by atoms with E-state index in [0.29, 0.717) is 29.5 Å². The van der Waals surface area contributed by atoms with E-state index in [2.05, 4.69) is 15.2 Å². The van der Waals surface area contributed by atoms with E-state index in [-0.39, 0.29) is 5.82 Å². The Kier molecular flexibility index (Phi) is 2.94. The van der Waals surface area contributed by atoms with Gasteiger partial charge in [0, 0.05) is 13.5 Å². The smallest absolute Gasteiger partial charge is 0.263 e. The molecule has 0 atom stereocenters. The van der Waals surface area contributed by atoms with Crippen molar-refractivity contribution in [2.24, 2.45) is 7.05 Å². The number of rotatable bonds is 3. The summed E-state index contributed by atoms with van der Waals surface area (Å²) in [4.78, 5) is 4.27. The molecule has 0 saturated heterocycles. The third-order valence-electron chi connectivity index (χ3n) is 2.96. The molecule has 2 N–H and O–H groups in total. The first kappa shape index (κ1) is 12.3. The number of anilines is 1. The van der Waals surface area contributed by atoms with Crippen molar-refractivity contribution in [3.63, 3.8) is 0 Å². The van der Waals surface area contributed by atoms with Gasteiger partial charge in [-0.3, -0.25) is 4.68 Å². The molecule has 2 heterocycles. The van der Waals surface area contributed by atoms with Crippen LogP contribution in [0.15, 0.2) is 35.0 Å². The van der Waals surface area contributed by atoms with Crippen LogP contribution in [0.2, 0.25) is 0 Å². The maximum absolute atomic E-state index is 12.8. The number of aryl methyl sites for hydroxylation is 1. The third kappa shape index (κ3) is 2.25. The van der Waals surface area contributed by atoms with Gasteiger partial charge in [-0.25, -0.2) is 4.39 Å². The van der Waals surface area contributed by atoms with Gasteiger partial charge in [0.2, 0.25) is 0 Å². The lowest BCUT2D eigenvalue weighted by Gasteiger charge is -1.95. The Balaban J connectivity index is 1.83. The van der Waals surface area contributed by atoms with Crippen LogP contribution in [0.4, 0.5) is 10.2 Å². The van der Waals surface area contributed by atoms with Gasteiger partial charge < -0.3 is 10.3 Å². The molecule has 3 aromatic rings. The van der Waals surface area contributed by atoms with Gasteiger partial charge in [-0.15, -0.1) is 0 Å². The zero-order valence-electron chi connectivity index (χ0n) is 10.7.